The van der Waals surface area contributed by atoms with Crippen molar-refractivity contribution in [1.29, 1.82) is 0 Å². The molecule has 1 aliphatic rings. The van der Waals surface area contributed by atoms with Crippen LogP contribution in [-0.4, -0.2) is 44.6 Å². The van der Waals surface area contributed by atoms with E-state index in [9.17, 15) is 18.0 Å². The second kappa shape index (κ2) is 9.78. The van der Waals surface area contributed by atoms with E-state index in [0.717, 1.165) is 30.7 Å². The summed E-state index contributed by atoms with van der Waals surface area (Å²) in [5.74, 6) is 0.158. The Hall–Kier alpha value is -3.14. The van der Waals surface area contributed by atoms with Gasteiger partial charge in [-0.25, -0.2) is 13.4 Å². The van der Waals surface area contributed by atoms with Gasteiger partial charge in [0, 0.05) is 38.4 Å². The van der Waals surface area contributed by atoms with Crippen LogP contribution in [0.5, 0.6) is 0 Å². The molecule has 3 rings (SSSR count). The molecule has 1 aliphatic heterocycles. The van der Waals surface area contributed by atoms with Gasteiger partial charge in [-0.2, -0.15) is 0 Å². The molecule has 2 amide bonds. The molecule has 31 heavy (non-hydrogen) atoms. The first-order chi connectivity index (χ1) is 14.7. The minimum atomic E-state index is -3.58. The number of pyridine rings is 1. The van der Waals surface area contributed by atoms with Crippen molar-refractivity contribution >= 4 is 39.0 Å². The molecule has 0 radical (unpaired) electrons. The number of piperidine rings is 1. The second-order valence-corrected chi connectivity index (χ2v) is 9.32. The smallest absolute Gasteiger partial charge is 0.253 e. The van der Waals surface area contributed by atoms with Gasteiger partial charge in [0.15, 0.2) is 0 Å². The van der Waals surface area contributed by atoms with Crippen LogP contribution in [0.3, 0.4) is 0 Å². The number of nitrogens with one attached hydrogen (secondary N) is 3. The Morgan fingerprint density at radius 1 is 1.10 bits per heavy atom. The molecule has 0 atom stereocenters. The molecule has 0 saturated carbocycles. The lowest BCUT2D eigenvalue weighted by Crippen LogP contribution is -2.30. The summed E-state index contributed by atoms with van der Waals surface area (Å²) in [6, 6.07) is 8.26. The third-order valence-corrected chi connectivity index (χ3v) is 5.41. The Labute approximate surface area is 182 Å². The molecule has 0 bridgehead atoms. The Kier molecular flexibility index (Phi) is 7.11. The normalized spacial score (nSPS) is 14.1. The minimum absolute atomic E-state index is 0.106. The molecule has 0 aliphatic carbocycles. The fourth-order valence-electron chi connectivity index (χ4n) is 3.41. The van der Waals surface area contributed by atoms with E-state index in [1.165, 1.54) is 44.4 Å². The zero-order valence-corrected chi connectivity index (χ0v) is 18.5. The number of hydrogen-bond acceptors (Lipinski definition) is 6. The van der Waals surface area contributed by atoms with Crippen LogP contribution in [0.4, 0.5) is 17.2 Å². The average molecular weight is 446 g/mol. The summed E-state index contributed by atoms with van der Waals surface area (Å²) >= 11 is 0. The van der Waals surface area contributed by atoms with Gasteiger partial charge in [0.1, 0.15) is 5.82 Å². The van der Waals surface area contributed by atoms with Gasteiger partial charge in [0.25, 0.3) is 5.91 Å². The van der Waals surface area contributed by atoms with Crippen LogP contribution in [0.2, 0.25) is 0 Å². The number of anilines is 3. The number of benzene rings is 1. The Balaban J connectivity index is 1.71. The number of carbonyl (C=O) groups excluding carboxylic acids is 2. The summed E-state index contributed by atoms with van der Waals surface area (Å²) < 4.78 is 25.6. The first kappa shape index (κ1) is 22.5. The van der Waals surface area contributed by atoms with E-state index in [2.05, 4.69) is 25.2 Å². The van der Waals surface area contributed by atoms with E-state index in [1.54, 1.807) is 6.20 Å². The number of sulfonamides is 1. The van der Waals surface area contributed by atoms with E-state index in [-0.39, 0.29) is 23.7 Å². The first-order valence-corrected chi connectivity index (χ1v) is 12.0. The van der Waals surface area contributed by atoms with Gasteiger partial charge in [0.05, 0.1) is 17.5 Å². The first-order valence-electron chi connectivity index (χ1n) is 10.1. The van der Waals surface area contributed by atoms with Gasteiger partial charge in [0.2, 0.25) is 15.9 Å². The zero-order chi connectivity index (χ0) is 22.4. The molecule has 1 saturated heterocycles. The molecule has 1 aromatic heterocycles. The highest BCUT2D eigenvalue weighted by atomic mass is 32.2. The lowest BCUT2D eigenvalue weighted by atomic mass is 10.1. The standard InChI is InChI=1S/C21H27N5O4S/c1-15(27)24-17-7-8-19(25-31(2,29)30)18(12-17)21(28)23-14-16-6-9-20(22-13-16)26-10-4-3-5-11-26/h6-9,12-13,25H,3-5,10-11,14H2,1-2H3,(H,23,28)(H,24,27). The average Bonchev–Trinajstić information content (AvgIpc) is 2.73. The quantitative estimate of drug-likeness (QED) is 0.602. The molecule has 10 heteroatoms. The highest BCUT2D eigenvalue weighted by Crippen LogP contribution is 2.22. The van der Waals surface area contributed by atoms with Crippen molar-refractivity contribution < 1.29 is 18.0 Å². The van der Waals surface area contributed by atoms with Crippen LogP contribution in [0.1, 0.15) is 42.1 Å². The highest BCUT2D eigenvalue weighted by molar-refractivity contribution is 7.92. The van der Waals surface area contributed by atoms with E-state index in [0.29, 0.717) is 5.69 Å². The Morgan fingerprint density at radius 2 is 1.84 bits per heavy atom. The van der Waals surface area contributed by atoms with Gasteiger partial charge >= 0.3 is 0 Å². The number of hydrogen-bond donors (Lipinski definition) is 3. The van der Waals surface area contributed by atoms with Crippen LogP contribution >= 0.6 is 0 Å². The van der Waals surface area contributed by atoms with Crippen LogP contribution in [0.15, 0.2) is 36.5 Å². The fraction of sp³-hybridized carbons (Fsp3) is 0.381. The van der Waals surface area contributed by atoms with Crippen molar-refractivity contribution in [3.05, 3.63) is 47.7 Å². The van der Waals surface area contributed by atoms with Crippen molar-refractivity contribution in [1.82, 2.24) is 10.3 Å². The summed E-state index contributed by atoms with van der Waals surface area (Å²) in [6.45, 7) is 3.59. The summed E-state index contributed by atoms with van der Waals surface area (Å²) in [5, 5.41) is 5.37. The van der Waals surface area contributed by atoms with Crippen LogP contribution in [0.25, 0.3) is 0 Å². The van der Waals surface area contributed by atoms with E-state index >= 15 is 0 Å². The van der Waals surface area contributed by atoms with Crippen molar-refractivity contribution in [2.45, 2.75) is 32.7 Å². The summed E-state index contributed by atoms with van der Waals surface area (Å²) in [4.78, 5) is 30.9. The lowest BCUT2D eigenvalue weighted by Gasteiger charge is -2.27. The molecule has 2 heterocycles. The summed E-state index contributed by atoms with van der Waals surface area (Å²) in [7, 11) is -3.58. The topological polar surface area (TPSA) is 120 Å². The molecule has 3 N–H and O–H groups in total. The predicted octanol–water partition coefficient (Wildman–Crippen LogP) is 2.33. The van der Waals surface area contributed by atoms with Gasteiger partial charge in [-0.1, -0.05) is 6.07 Å². The van der Waals surface area contributed by atoms with Gasteiger partial charge in [-0.15, -0.1) is 0 Å². The molecular weight excluding hydrogens is 418 g/mol. The Morgan fingerprint density at radius 3 is 2.45 bits per heavy atom. The molecule has 1 fully saturated rings. The molecule has 0 unspecified atom stereocenters. The third-order valence-electron chi connectivity index (χ3n) is 4.82. The number of aromatic nitrogens is 1. The maximum absolute atomic E-state index is 12.8. The van der Waals surface area contributed by atoms with Gasteiger partial charge in [-0.3, -0.25) is 14.3 Å². The largest absolute Gasteiger partial charge is 0.357 e. The molecule has 9 nitrogen and oxygen atoms in total. The van der Waals surface area contributed by atoms with Crippen LogP contribution in [0, 0.1) is 0 Å². The predicted molar refractivity (Wildman–Crippen MR) is 121 cm³/mol. The maximum Gasteiger partial charge on any atom is 0.253 e. The van der Waals surface area contributed by atoms with E-state index in [4.69, 9.17) is 0 Å². The van der Waals surface area contributed by atoms with Gasteiger partial charge in [-0.05, 0) is 49.1 Å². The van der Waals surface area contributed by atoms with E-state index < -0.39 is 15.9 Å². The molecule has 2 aromatic rings. The fourth-order valence-corrected chi connectivity index (χ4v) is 3.99. The molecule has 0 spiro atoms. The molecule has 166 valence electrons. The third kappa shape index (κ3) is 6.68. The number of rotatable bonds is 7. The second-order valence-electron chi connectivity index (χ2n) is 7.57. The van der Waals surface area contributed by atoms with Crippen molar-refractivity contribution in [3.8, 4) is 0 Å². The summed E-state index contributed by atoms with van der Waals surface area (Å²) in [5.41, 5.74) is 1.45. The lowest BCUT2D eigenvalue weighted by molar-refractivity contribution is -0.114. The number of amides is 2. The van der Waals surface area contributed by atoms with Crippen molar-refractivity contribution in [2.75, 3.05) is 34.3 Å². The number of nitrogens with zero attached hydrogens (tertiary/aromatic N) is 2. The van der Waals surface area contributed by atoms with Gasteiger partial charge < -0.3 is 15.5 Å². The molecule has 1 aromatic carbocycles. The minimum Gasteiger partial charge on any atom is -0.357 e. The maximum atomic E-state index is 12.8. The van der Waals surface area contributed by atoms with Crippen molar-refractivity contribution in [3.63, 3.8) is 0 Å². The summed E-state index contributed by atoms with van der Waals surface area (Å²) in [6.07, 6.45) is 6.32. The zero-order valence-electron chi connectivity index (χ0n) is 17.6. The van der Waals surface area contributed by atoms with E-state index in [1.807, 2.05) is 12.1 Å². The SMILES string of the molecule is CC(=O)Nc1ccc(NS(C)(=O)=O)c(C(=O)NCc2ccc(N3CCCCC3)nc2)c1. The van der Waals surface area contributed by atoms with Crippen LogP contribution in [-0.2, 0) is 21.4 Å². The van der Waals surface area contributed by atoms with Crippen LogP contribution < -0.4 is 20.3 Å². The number of carbonyl (C=O) groups is 2. The Bertz CT molecular complexity index is 1050. The highest BCUT2D eigenvalue weighted by Gasteiger charge is 2.16. The monoisotopic (exact) mass is 445 g/mol. The van der Waals surface area contributed by atoms with Crippen molar-refractivity contribution in [2.24, 2.45) is 0 Å². The molecular formula is C21H27N5O4S.